The normalized spacial score (nSPS) is 10.3. The van der Waals surface area contributed by atoms with Crippen LogP contribution in [-0.2, 0) is 9.53 Å². The van der Waals surface area contributed by atoms with Crippen LogP contribution in [0.4, 0.5) is 0 Å². The van der Waals surface area contributed by atoms with Crippen molar-refractivity contribution in [3.63, 3.8) is 0 Å². The first-order valence-electron chi connectivity index (χ1n) is 4.19. The van der Waals surface area contributed by atoms with E-state index >= 15 is 0 Å². The van der Waals surface area contributed by atoms with E-state index in [4.69, 9.17) is 11.6 Å². The van der Waals surface area contributed by atoms with Crippen molar-refractivity contribution in [1.82, 2.24) is 0 Å². The monoisotopic (exact) mass is 224 g/mol. The zero-order chi connectivity index (χ0) is 11.3. The van der Waals surface area contributed by atoms with E-state index in [1.165, 1.54) is 13.2 Å². The van der Waals surface area contributed by atoms with Crippen LogP contribution in [0, 0.1) is 0 Å². The van der Waals surface area contributed by atoms with Crippen molar-refractivity contribution in [2.24, 2.45) is 0 Å². The number of benzene rings is 1. The lowest BCUT2D eigenvalue weighted by molar-refractivity contribution is -0.134. The minimum Gasteiger partial charge on any atom is -0.466 e. The Morgan fingerprint density at radius 1 is 1.40 bits per heavy atom. The third-order valence-electron chi connectivity index (χ3n) is 1.73. The van der Waals surface area contributed by atoms with E-state index in [1.54, 1.807) is 30.3 Å². The fraction of sp³-hybridized carbons (Fsp3) is 0.0909. The SMILES string of the molecule is COC(=O)/C=C/c1cccc(C(=O)Cl)c1. The van der Waals surface area contributed by atoms with Gasteiger partial charge in [-0.05, 0) is 29.3 Å². The number of carbonyl (C=O) groups excluding carboxylic acids is 2. The van der Waals surface area contributed by atoms with Gasteiger partial charge in [-0.2, -0.15) is 0 Å². The Labute approximate surface area is 92.3 Å². The van der Waals surface area contributed by atoms with Crippen LogP contribution in [-0.4, -0.2) is 18.3 Å². The largest absolute Gasteiger partial charge is 0.466 e. The van der Waals surface area contributed by atoms with Crippen molar-refractivity contribution in [1.29, 1.82) is 0 Å². The van der Waals surface area contributed by atoms with Crippen LogP contribution in [0.25, 0.3) is 6.08 Å². The minimum absolute atomic E-state index is 0.392. The third kappa shape index (κ3) is 3.56. The van der Waals surface area contributed by atoms with Gasteiger partial charge in [-0.25, -0.2) is 4.79 Å². The molecule has 0 bridgehead atoms. The second-order valence-electron chi connectivity index (χ2n) is 2.76. The molecule has 1 aromatic rings. The van der Waals surface area contributed by atoms with Crippen molar-refractivity contribution in [3.05, 3.63) is 41.5 Å². The van der Waals surface area contributed by atoms with Crippen molar-refractivity contribution >= 4 is 28.9 Å². The van der Waals surface area contributed by atoms with Gasteiger partial charge in [0.25, 0.3) is 5.24 Å². The van der Waals surface area contributed by atoms with Crippen LogP contribution in [0.5, 0.6) is 0 Å². The molecule has 3 nitrogen and oxygen atoms in total. The molecule has 1 rings (SSSR count). The van der Waals surface area contributed by atoms with Gasteiger partial charge in [0, 0.05) is 11.6 Å². The summed E-state index contributed by atoms with van der Waals surface area (Å²) in [5, 5.41) is -0.525. The number of hydrogen-bond acceptors (Lipinski definition) is 3. The maximum Gasteiger partial charge on any atom is 0.330 e. The predicted octanol–water partition coefficient (Wildman–Crippen LogP) is 2.25. The molecule has 0 fully saturated rings. The molecule has 78 valence electrons. The van der Waals surface area contributed by atoms with E-state index in [2.05, 4.69) is 4.74 Å². The standard InChI is InChI=1S/C11H9ClO3/c1-15-10(13)6-5-8-3-2-4-9(7-8)11(12)14/h2-7H,1H3/b6-5+. The highest BCUT2D eigenvalue weighted by molar-refractivity contribution is 6.67. The van der Waals surface area contributed by atoms with Gasteiger partial charge in [-0.1, -0.05) is 18.2 Å². The van der Waals surface area contributed by atoms with Gasteiger partial charge in [0.15, 0.2) is 0 Å². The summed E-state index contributed by atoms with van der Waals surface area (Å²) in [5.41, 5.74) is 1.11. The molecular weight excluding hydrogens is 216 g/mol. The van der Waals surface area contributed by atoms with Crippen LogP contribution in [0.2, 0.25) is 0 Å². The maximum atomic E-state index is 10.8. The summed E-state index contributed by atoms with van der Waals surface area (Å²) >= 11 is 5.31. The van der Waals surface area contributed by atoms with Crippen LogP contribution >= 0.6 is 11.6 Å². The number of hydrogen-bond donors (Lipinski definition) is 0. The summed E-state index contributed by atoms with van der Waals surface area (Å²) in [5.74, 6) is -0.447. The molecule has 0 atom stereocenters. The third-order valence-corrected chi connectivity index (χ3v) is 1.94. The van der Waals surface area contributed by atoms with E-state index in [0.717, 1.165) is 0 Å². The Hall–Kier alpha value is -1.61. The zero-order valence-electron chi connectivity index (χ0n) is 8.07. The molecule has 0 aromatic heterocycles. The molecule has 0 heterocycles. The highest BCUT2D eigenvalue weighted by atomic mass is 35.5. The summed E-state index contributed by atoms with van der Waals surface area (Å²) in [6, 6.07) is 6.63. The topological polar surface area (TPSA) is 43.4 Å². The quantitative estimate of drug-likeness (QED) is 0.449. The first kappa shape index (κ1) is 11.5. The van der Waals surface area contributed by atoms with Gasteiger partial charge in [-0.15, -0.1) is 0 Å². The zero-order valence-corrected chi connectivity index (χ0v) is 8.82. The van der Waals surface area contributed by atoms with E-state index in [0.29, 0.717) is 11.1 Å². The highest BCUT2D eigenvalue weighted by Crippen LogP contribution is 2.09. The average Bonchev–Trinajstić information content (AvgIpc) is 2.26. The predicted molar refractivity (Wildman–Crippen MR) is 57.7 cm³/mol. The molecule has 1 aromatic carbocycles. The Kier molecular flexibility index (Phi) is 4.06. The Bertz CT molecular complexity index is 410. The summed E-state index contributed by atoms with van der Waals surface area (Å²) in [6.07, 6.45) is 2.83. The molecule has 0 unspecified atom stereocenters. The first-order valence-corrected chi connectivity index (χ1v) is 4.57. The molecule has 15 heavy (non-hydrogen) atoms. The van der Waals surface area contributed by atoms with Crippen LogP contribution in [0.1, 0.15) is 15.9 Å². The molecular formula is C11H9ClO3. The summed E-state index contributed by atoms with van der Waals surface area (Å²) in [7, 11) is 1.30. The molecule has 0 aliphatic heterocycles. The first-order chi connectivity index (χ1) is 7.13. The van der Waals surface area contributed by atoms with E-state index in [1.807, 2.05) is 0 Å². The molecule has 0 radical (unpaired) electrons. The van der Waals surface area contributed by atoms with Gasteiger partial charge in [0.2, 0.25) is 0 Å². The van der Waals surface area contributed by atoms with Gasteiger partial charge in [-0.3, -0.25) is 4.79 Å². The van der Waals surface area contributed by atoms with Gasteiger partial charge < -0.3 is 4.74 Å². The molecule has 0 saturated heterocycles. The minimum atomic E-state index is -0.525. The van der Waals surface area contributed by atoms with E-state index < -0.39 is 11.2 Å². The van der Waals surface area contributed by atoms with Gasteiger partial charge >= 0.3 is 5.97 Å². The van der Waals surface area contributed by atoms with Gasteiger partial charge in [0.1, 0.15) is 0 Å². The fourth-order valence-electron chi connectivity index (χ4n) is 0.997. The lowest BCUT2D eigenvalue weighted by Crippen LogP contribution is -1.93. The summed E-state index contributed by atoms with van der Waals surface area (Å²) in [6.45, 7) is 0. The number of methoxy groups -OCH3 is 1. The van der Waals surface area contributed by atoms with E-state index in [9.17, 15) is 9.59 Å². The number of halogens is 1. The lowest BCUT2D eigenvalue weighted by atomic mass is 10.1. The molecule has 0 saturated carbocycles. The van der Waals surface area contributed by atoms with Crippen LogP contribution in [0.3, 0.4) is 0 Å². The average molecular weight is 225 g/mol. The fourth-order valence-corrected chi connectivity index (χ4v) is 1.11. The molecule has 0 amide bonds. The second kappa shape index (κ2) is 5.32. The van der Waals surface area contributed by atoms with Crippen molar-refractivity contribution in [2.45, 2.75) is 0 Å². The second-order valence-corrected chi connectivity index (χ2v) is 3.10. The molecule has 0 aliphatic carbocycles. The summed E-state index contributed by atoms with van der Waals surface area (Å²) < 4.78 is 4.43. The highest BCUT2D eigenvalue weighted by Gasteiger charge is 2.00. The molecule has 0 N–H and O–H groups in total. The summed E-state index contributed by atoms with van der Waals surface area (Å²) in [4.78, 5) is 21.6. The van der Waals surface area contributed by atoms with Crippen molar-refractivity contribution in [2.75, 3.05) is 7.11 Å². The van der Waals surface area contributed by atoms with E-state index in [-0.39, 0.29) is 0 Å². The molecule has 4 heteroatoms. The van der Waals surface area contributed by atoms with Crippen LogP contribution < -0.4 is 0 Å². The number of rotatable bonds is 3. The van der Waals surface area contributed by atoms with Crippen LogP contribution in [0.15, 0.2) is 30.3 Å². The smallest absolute Gasteiger partial charge is 0.330 e. The maximum absolute atomic E-state index is 10.8. The Morgan fingerprint density at radius 3 is 2.73 bits per heavy atom. The number of carbonyl (C=O) groups is 2. The van der Waals surface area contributed by atoms with Crippen molar-refractivity contribution < 1.29 is 14.3 Å². The Morgan fingerprint density at radius 2 is 2.13 bits per heavy atom. The number of ether oxygens (including phenoxy) is 1. The number of esters is 1. The van der Waals surface area contributed by atoms with Crippen molar-refractivity contribution in [3.8, 4) is 0 Å². The molecule has 0 aliphatic rings. The molecule has 0 spiro atoms. The lowest BCUT2D eigenvalue weighted by Gasteiger charge is -1.96. The Balaban J connectivity index is 2.87. The van der Waals surface area contributed by atoms with Gasteiger partial charge in [0.05, 0.1) is 7.11 Å².